The first-order valence-electron chi connectivity index (χ1n) is 12.2. The second kappa shape index (κ2) is 15.5. The van der Waals surface area contributed by atoms with E-state index >= 15 is 0 Å². The Morgan fingerprint density at radius 1 is 0.944 bits per heavy atom. The molecule has 8 N–H and O–H groups in total. The largest absolute Gasteiger partial charge is 0.494 e. The average molecular weight is 499 g/mol. The Kier molecular flexibility index (Phi) is 12.4. The van der Waals surface area contributed by atoms with Gasteiger partial charge in [-0.2, -0.15) is 0 Å². The van der Waals surface area contributed by atoms with Gasteiger partial charge in [0.25, 0.3) is 0 Å². The topological polar surface area (TPSA) is 166 Å². The molecule has 3 amide bonds. The van der Waals surface area contributed by atoms with Gasteiger partial charge in [-0.15, -0.1) is 0 Å². The van der Waals surface area contributed by atoms with Crippen molar-refractivity contribution in [2.24, 2.45) is 17.2 Å². The van der Waals surface area contributed by atoms with Crippen molar-refractivity contribution in [3.63, 3.8) is 0 Å². The molecule has 0 unspecified atom stereocenters. The maximum absolute atomic E-state index is 13.1. The molecule has 0 aliphatic rings. The number of rotatable bonds is 15. The van der Waals surface area contributed by atoms with Crippen LogP contribution in [0.4, 0.5) is 5.69 Å². The lowest BCUT2D eigenvalue weighted by Gasteiger charge is -2.24. The number of nitrogens with zero attached hydrogens (tertiary/aromatic N) is 1. The number of hydrogen-bond acceptors (Lipinski definition) is 7. The van der Waals surface area contributed by atoms with E-state index in [1.165, 1.54) is 4.90 Å². The first-order valence-corrected chi connectivity index (χ1v) is 12.2. The van der Waals surface area contributed by atoms with Crippen LogP contribution >= 0.6 is 0 Å². The molecule has 0 saturated heterocycles. The molecule has 0 bridgehead atoms. The van der Waals surface area contributed by atoms with Crippen LogP contribution in [0, 0.1) is 0 Å². The third-order valence-corrected chi connectivity index (χ3v) is 5.51. The molecule has 0 aromatic heterocycles. The maximum atomic E-state index is 13.1. The summed E-state index contributed by atoms with van der Waals surface area (Å²) in [6.07, 6.45) is 0.709. The minimum Gasteiger partial charge on any atom is -0.494 e. The van der Waals surface area contributed by atoms with Gasteiger partial charge in [0.1, 0.15) is 11.8 Å². The predicted molar refractivity (Wildman–Crippen MR) is 140 cm³/mol. The molecule has 10 heteroatoms. The highest BCUT2D eigenvalue weighted by atomic mass is 16.5. The summed E-state index contributed by atoms with van der Waals surface area (Å²) in [6, 6.07) is 14.7. The van der Waals surface area contributed by atoms with E-state index in [4.69, 9.17) is 21.9 Å². The van der Waals surface area contributed by atoms with E-state index in [0.717, 1.165) is 5.56 Å². The molecular weight excluding hydrogens is 460 g/mol. The van der Waals surface area contributed by atoms with Gasteiger partial charge >= 0.3 is 0 Å². The Balaban J connectivity index is 2.06. The molecule has 0 saturated carbocycles. The van der Waals surface area contributed by atoms with Crippen LogP contribution in [0.1, 0.15) is 25.3 Å². The lowest BCUT2D eigenvalue weighted by molar-refractivity contribution is -0.134. The third-order valence-electron chi connectivity index (χ3n) is 5.51. The van der Waals surface area contributed by atoms with Crippen molar-refractivity contribution in [2.75, 3.05) is 38.1 Å². The number of amides is 3. The van der Waals surface area contributed by atoms with Crippen molar-refractivity contribution in [1.82, 2.24) is 10.2 Å². The van der Waals surface area contributed by atoms with E-state index in [2.05, 4.69) is 10.6 Å². The Morgan fingerprint density at radius 3 is 2.17 bits per heavy atom. The van der Waals surface area contributed by atoms with Gasteiger partial charge in [0.05, 0.1) is 19.1 Å². The van der Waals surface area contributed by atoms with Gasteiger partial charge in [-0.1, -0.05) is 30.3 Å². The zero-order valence-electron chi connectivity index (χ0n) is 20.8. The van der Waals surface area contributed by atoms with Crippen molar-refractivity contribution in [1.29, 1.82) is 0 Å². The van der Waals surface area contributed by atoms with Crippen LogP contribution in [0.15, 0.2) is 54.6 Å². The minimum absolute atomic E-state index is 0.211. The zero-order valence-corrected chi connectivity index (χ0v) is 20.8. The van der Waals surface area contributed by atoms with Gasteiger partial charge in [0.2, 0.25) is 17.7 Å². The van der Waals surface area contributed by atoms with E-state index < -0.39 is 18.0 Å². The highest BCUT2D eigenvalue weighted by Gasteiger charge is 2.26. The Bertz CT molecular complexity index is 949. The highest BCUT2D eigenvalue weighted by molar-refractivity contribution is 5.98. The van der Waals surface area contributed by atoms with Crippen LogP contribution in [0.25, 0.3) is 0 Å². The van der Waals surface area contributed by atoms with Crippen LogP contribution < -0.4 is 32.6 Å². The van der Waals surface area contributed by atoms with Gasteiger partial charge in [-0.3, -0.25) is 14.4 Å². The summed E-state index contributed by atoms with van der Waals surface area (Å²) in [5, 5.41) is 5.56. The second-order valence-corrected chi connectivity index (χ2v) is 8.30. The van der Waals surface area contributed by atoms with Gasteiger partial charge < -0.3 is 37.5 Å². The number of hydrogen-bond donors (Lipinski definition) is 5. The van der Waals surface area contributed by atoms with E-state index in [0.29, 0.717) is 44.0 Å². The lowest BCUT2D eigenvalue weighted by Crippen LogP contribution is -2.52. The van der Waals surface area contributed by atoms with Crippen molar-refractivity contribution < 1.29 is 19.1 Å². The van der Waals surface area contributed by atoms with E-state index in [9.17, 15) is 14.4 Å². The van der Waals surface area contributed by atoms with E-state index in [-0.39, 0.29) is 31.3 Å². The lowest BCUT2D eigenvalue weighted by atomic mass is 10.0. The molecule has 10 nitrogen and oxygen atoms in total. The Labute approximate surface area is 212 Å². The number of nitrogens with two attached hydrogens (primary N) is 3. The normalized spacial score (nSPS) is 12.3. The third kappa shape index (κ3) is 9.65. The van der Waals surface area contributed by atoms with Gasteiger partial charge in [-0.25, -0.2) is 0 Å². The van der Waals surface area contributed by atoms with E-state index in [1.807, 2.05) is 37.3 Å². The van der Waals surface area contributed by atoms with E-state index in [1.54, 1.807) is 24.3 Å². The quantitative estimate of drug-likeness (QED) is 0.240. The summed E-state index contributed by atoms with van der Waals surface area (Å²) < 4.78 is 5.43. The molecule has 36 heavy (non-hydrogen) atoms. The number of benzene rings is 2. The second-order valence-electron chi connectivity index (χ2n) is 8.30. The Morgan fingerprint density at radius 2 is 1.58 bits per heavy atom. The molecule has 196 valence electrons. The minimum atomic E-state index is -1.12. The number of anilines is 1. The molecule has 0 aliphatic heterocycles. The standard InChI is InChI=1S/C26H38N6O4/c1-2-36-21-11-9-20(10-12-21)30-26(35)23(13-8-19-6-4-3-5-7-19)31-25(34)22(29)18-24(33)32(16-14-27)17-15-28/h3-7,9-12,22-23H,2,8,13-18,27-29H2,1H3,(H,30,35)(H,31,34)/t22-,23-/m0/s1. The smallest absolute Gasteiger partial charge is 0.246 e. The van der Waals surface area contributed by atoms with Crippen molar-refractivity contribution in [3.05, 3.63) is 60.2 Å². The van der Waals surface area contributed by atoms with Crippen LogP contribution in [0.3, 0.4) is 0 Å². The van der Waals surface area contributed by atoms with Gasteiger partial charge in [0, 0.05) is 31.9 Å². The first kappa shape index (κ1) is 28.8. The number of carbonyl (C=O) groups excluding carboxylic acids is 3. The molecule has 2 atom stereocenters. The summed E-state index contributed by atoms with van der Waals surface area (Å²) in [4.78, 5) is 40.0. The molecule has 2 aromatic carbocycles. The molecule has 2 rings (SSSR count). The van der Waals surface area contributed by atoms with Gasteiger partial charge in [-0.05, 0) is 49.6 Å². The van der Waals surface area contributed by atoms with Crippen molar-refractivity contribution in [2.45, 2.75) is 38.3 Å². The molecule has 0 heterocycles. The van der Waals surface area contributed by atoms with Gasteiger partial charge in [0.15, 0.2) is 0 Å². The highest BCUT2D eigenvalue weighted by Crippen LogP contribution is 2.16. The summed E-state index contributed by atoms with van der Waals surface area (Å²) in [5.41, 5.74) is 18.8. The number of nitrogens with one attached hydrogen (secondary N) is 2. The molecule has 2 aromatic rings. The number of ether oxygens (including phenoxy) is 1. The summed E-state index contributed by atoms with van der Waals surface area (Å²) in [6.45, 7) is 3.64. The fraction of sp³-hybridized carbons (Fsp3) is 0.423. The zero-order chi connectivity index (χ0) is 26.3. The van der Waals surface area contributed by atoms with Crippen LogP contribution in [0.2, 0.25) is 0 Å². The van der Waals surface area contributed by atoms with Crippen molar-refractivity contribution in [3.8, 4) is 5.75 Å². The molecular formula is C26H38N6O4. The van der Waals surface area contributed by atoms with Crippen LogP contribution in [-0.2, 0) is 20.8 Å². The monoisotopic (exact) mass is 498 g/mol. The first-order chi connectivity index (χ1) is 17.4. The molecule has 0 radical (unpaired) electrons. The fourth-order valence-electron chi connectivity index (χ4n) is 3.62. The maximum Gasteiger partial charge on any atom is 0.246 e. The predicted octanol–water partition coefficient (Wildman–Crippen LogP) is 0.605. The molecule has 0 aliphatic carbocycles. The van der Waals surface area contributed by atoms with Crippen molar-refractivity contribution >= 4 is 23.4 Å². The summed E-state index contributed by atoms with van der Waals surface area (Å²) in [5.74, 6) is -0.579. The molecule has 0 fully saturated rings. The van der Waals surface area contributed by atoms with Crippen LogP contribution in [0.5, 0.6) is 5.75 Å². The Hall–Kier alpha value is -3.47. The summed E-state index contributed by atoms with van der Waals surface area (Å²) in [7, 11) is 0. The SMILES string of the molecule is CCOc1ccc(NC(=O)[C@H](CCc2ccccc2)NC(=O)[C@@H](N)CC(=O)N(CCN)CCN)cc1. The summed E-state index contributed by atoms with van der Waals surface area (Å²) >= 11 is 0. The molecule has 0 spiro atoms. The number of aryl methyl sites for hydroxylation is 1. The number of carbonyl (C=O) groups is 3. The van der Waals surface area contributed by atoms with Crippen LogP contribution in [-0.4, -0.2) is 67.5 Å². The fourth-order valence-corrected chi connectivity index (χ4v) is 3.62. The average Bonchev–Trinajstić information content (AvgIpc) is 2.88.